The quantitative estimate of drug-likeness (QED) is 0.579. The maximum atomic E-state index is 13.3. The molecule has 0 radical (unpaired) electrons. The van der Waals surface area contributed by atoms with Gasteiger partial charge in [-0.1, -0.05) is 6.07 Å². The monoisotopic (exact) mass is 452 g/mol. The smallest absolute Gasteiger partial charge is 0.279 e. The molecule has 3 aromatic rings. The molecule has 1 saturated heterocycles. The lowest BCUT2D eigenvalue weighted by Gasteiger charge is -2.34. The molecule has 168 valence electrons. The van der Waals surface area contributed by atoms with Crippen molar-refractivity contribution in [3.05, 3.63) is 58.9 Å². The van der Waals surface area contributed by atoms with Gasteiger partial charge in [0.15, 0.2) is 11.5 Å². The molecule has 1 aromatic carbocycles. The highest BCUT2D eigenvalue weighted by Crippen LogP contribution is 2.34. The normalized spacial score (nSPS) is 16.3. The summed E-state index contributed by atoms with van der Waals surface area (Å²) in [6.07, 6.45) is 5.37. The minimum absolute atomic E-state index is 0.0131. The van der Waals surface area contributed by atoms with Gasteiger partial charge in [0.05, 0.1) is 24.9 Å². The molecule has 3 heterocycles. The molecule has 4 rings (SSSR count). The van der Waals surface area contributed by atoms with Gasteiger partial charge < -0.3 is 9.47 Å². The zero-order chi connectivity index (χ0) is 22.7. The van der Waals surface area contributed by atoms with Crippen molar-refractivity contribution in [1.29, 1.82) is 0 Å². The van der Waals surface area contributed by atoms with Crippen molar-refractivity contribution < 1.29 is 14.3 Å². The summed E-state index contributed by atoms with van der Waals surface area (Å²) in [5.41, 5.74) is 6.13. The van der Waals surface area contributed by atoms with Crippen molar-refractivity contribution in [2.45, 2.75) is 45.8 Å². The van der Waals surface area contributed by atoms with Gasteiger partial charge in [0.25, 0.3) is 5.91 Å². The maximum absolute atomic E-state index is 13.3. The van der Waals surface area contributed by atoms with Crippen LogP contribution in [0.1, 0.15) is 53.7 Å². The van der Waals surface area contributed by atoms with E-state index in [2.05, 4.69) is 15.4 Å². The second-order valence-electron chi connectivity index (χ2n) is 8.03. The van der Waals surface area contributed by atoms with E-state index >= 15 is 0 Å². The van der Waals surface area contributed by atoms with Gasteiger partial charge in [-0.25, -0.2) is 10.4 Å². The number of hydrogen-bond donors (Lipinski definition) is 1. The molecule has 1 aliphatic rings. The number of ether oxygens (including phenoxy) is 2. The molecule has 1 unspecified atom stereocenters. The van der Waals surface area contributed by atoms with Crippen LogP contribution in [0, 0.1) is 6.92 Å². The average Bonchev–Trinajstić information content (AvgIpc) is 3.20. The van der Waals surface area contributed by atoms with Crippen LogP contribution in [0.3, 0.4) is 0 Å². The molecule has 1 amide bonds. The van der Waals surface area contributed by atoms with E-state index in [0.717, 1.165) is 34.7 Å². The number of hydrazine groups is 1. The lowest BCUT2D eigenvalue weighted by atomic mass is 10.00. The molecule has 1 N–H and O–H groups in total. The van der Waals surface area contributed by atoms with Gasteiger partial charge >= 0.3 is 0 Å². The second kappa shape index (κ2) is 9.67. The molecule has 7 nitrogen and oxygen atoms in total. The minimum atomic E-state index is -0.0491. The number of methoxy groups -OCH3 is 1. The van der Waals surface area contributed by atoms with E-state index in [-0.39, 0.29) is 18.1 Å². The van der Waals surface area contributed by atoms with Crippen molar-refractivity contribution in [1.82, 2.24) is 20.4 Å². The number of carbonyl (C=O) groups excluding carboxylic acids is 1. The predicted octanol–water partition coefficient (Wildman–Crippen LogP) is 4.79. The van der Waals surface area contributed by atoms with E-state index in [4.69, 9.17) is 9.47 Å². The number of benzene rings is 1. The summed E-state index contributed by atoms with van der Waals surface area (Å²) in [4.78, 5) is 22.7. The number of rotatable bonds is 6. The Morgan fingerprint density at radius 2 is 2.12 bits per heavy atom. The van der Waals surface area contributed by atoms with Crippen molar-refractivity contribution in [3.63, 3.8) is 0 Å². The fourth-order valence-electron chi connectivity index (χ4n) is 3.76. The van der Waals surface area contributed by atoms with Crippen molar-refractivity contribution in [2.24, 2.45) is 0 Å². The molecule has 1 atom stereocenters. The van der Waals surface area contributed by atoms with E-state index in [1.165, 1.54) is 11.3 Å². The summed E-state index contributed by atoms with van der Waals surface area (Å²) in [7, 11) is 1.64. The number of thiazole rings is 1. The molecule has 32 heavy (non-hydrogen) atoms. The number of pyridine rings is 1. The highest BCUT2D eigenvalue weighted by Gasteiger charge is 2.28. The Bertz CT molecular complexity index is 1080. The molecular formula is C24H28N4O3S. The second-order valence-corrected chi connectivity index (χ2v) is 9.03. The van der Waals surface area contributed by atoms with Crippen LogP contribution in [0.2, 0.25) is 0 Å². The van der Waals surface area contributed by atoms with Crippen molar-refractivity contribution in [3.8, 4) is 22.1 Å². The van der Waals surface area contributed by atoms with Crippen LogP contribution in [0.15, 0.2) is 42.7 Å². The molecular weight excluding hydrogens is 424 g/mol. The summed E-state index contributed by atoms with van der Waals surface area (Å²) in [6, 6.07) is 9.78. The van der Waals surface area contributed by atoms with Gasteiger partial charge in [0.1, 0.15) is 9.88 Å². The third-order valence-electron chi connectivity index (χ3n) is 5.28. The van der Waals surface area contributed by atoms with Gasteiger partial charge in [-0.15, -0.1) is 11.3 Å². The summed E-state index contributed by atoms with van der Waals surface area (Å²) in [5.74, 6) is 1.37. The first-order chi connectivity index (χ1) is 15.5. The summed E-state index contributed by atoms with van der Waals surface area (Å²) < 4.78 is 11.4. The number of hydrogen-bond acceptors (Lipinski definition) is 7. The van der Waals surface area contributed by atoms with Gasteiger partial charge in [0, 0.05) is 24.5 Å². The number of nitrogens with one attached hydrogen (secondary N) is 1. The van der Waals surface area contributed by atoms with E-state index in [1.54, 1.807) is 24.5 Å². The molecule has 8 heteroatoms. The predicted molar refractivity (Wildman–Crippen MR) is 125 cm³/mol. The molecule has 0 spiro atoms. The zero-order valence-electron chi connectivity index (χ0n) is 18.8. The van der Waals surface area contributed by atoms with E-state index in [0.29, 0.717) is 22.9 Å². The third-order valence-corrected chi connectivity index (χ3v) is 6.48. The fourth-order valence-corrected chi connectivity index (χ4v) is 4.76. The van der Waals surface area contributed by atoms with Gasteiger partial charge in [-0.3, -0.25) is 14.8 Å². The maximum Gasteiger partial charge on any atom is 0.279 e. The highest BCUT2D eigenvalue weighted by atomic mass is 32.1. The topological polar surface area (TPSA) is 76.6 Å². The number of aromatic nitrogens is 2. The Labute approximate surface area is 192 Å². The number of nitrogens with zero attached hydrogens (tertiary/aromatic N) is 3. The molecule has 0 saturated carbocycles. The number of carbonyl (C=O) groups is 1. The van der Waals surface area contributed by atoms with Crippen LogP contribution in [-0.4, -0.2) is 40.6 Å². The Balaban J connectivity index is 1.53. The first kappa shape index (κ1) is 22.2. The fraction of sp³-hybridized carbons (Fsp3) is 0.375. The van der Waals surface area contributed by atoms with Crippen LogP contribution in [0.25, 0.3) is 10.6 Å². The average molecular weight is 453 g/mol. The van der Waals surface area contributed by atoms with Crippen LogP contribution < -0.4 is 14.9 Å². The summed E-state index contributed by atoms with van der Waals surface area (Å²) in [5, 5.41) is 2.52. The van der Waals surface area contributed by atoms with Gasteiger partial charge in [-0.2, -0.15) is 0 Å². The number of amides is 1. The highest BCUT2D eigenvalue weighted by molar-refractivity contribution is 7.17. The summed E-state index contributed by atoms with van der Waals surface area (Å²) >= 11 is 1.41. The zero-order valence-corrected chi connectivity index (χ0v) is 19.6. The van der Waals surface area contributed by atoms with Crippen LogP contribution in [-0.2, 0) is 0 Å². The van der Waals surface area contributed by atoms with E-state index in [1.807, 2.05) is 51.1 Å². The standard InChI is InChI=1S/C24H28N4O3S/c1-15(2)31-21-13-17(9-10-20(21)30-4)19-8-6-12-28(27-19)24(29)22-16(3)26-23(32-22)18-7-5-11-25-14-18/h5,7,9-11,13-15,19,27H,6,8,12H2,1-4H3. The van der Waals surface area contributed by atoms with Crippen molar-refractivity contribution >= 4 is 17.2 Å². The van der Waals surface area contributed by atoms with Crippen LogP contribution in [0.4, 0.5) is 0 Å². The lowest BCUT2D eigenvalue weighted by Crippen LogP contribution is -2.48. The molecule has 0 aliphatic carbocycles. The Kier molecular flexibility index (Phi) is 6.72. The first-order valence-electron chi connectivity index (χ1n) is 10.8. The van der Waals surface area contributed by atoms with E-state index in [9.17, 15) is 4.79 Å². The van der Waals surface area contributed by atoms with Crippen LogP contribution in [0.5, 0.6) is 11.5 Å². The molecule has 1 aliphatic heterocycles. The SMILES string of the molecule is COc1ccc(C2CCCN(C(=O)c3sc(-c4cccnc4)nc3C)N2)cc1OC(C)C. The molecule has 1 fully saturated rings. The van der Waals surface area contributed by atoms with Gasteiger partial charge in [0.2, 0.25) is 0 Å². The largest absolute Gasteiger partial charge is 0.493 e. The molecule has 0 bridgehead atoms. The Hall–Kier alpha value is -2.97. The summed E-state index contributed by atoms with van der Waals surface area (Å²) in [6.45, 7) is 6.51. The Morgan fingerprint density at radius 1 is 1.28 bits per heavy atom. The number of aryl methyl sites for hydroxylation is 1. The minimum Gasteiger partial charge on any atom is -0.493 e. The van der Waals surface area contributed by atoms with E-state index < -0.39 is 0 Å². The third kappa shape index (κ3) is 4.76. The van der Waals surface area contributed by atoms with Crippen LogP contribution >= 0.6 is 11.3 Å². The van der Waals surface area contributed by atoms with Crippen molar-refractivity contribution in [2.75, 3.05) is 13.7 Å². The Morgan fingerprint density at radius 3 is 2.84 bits per heavy atom. The first-order valence-corrected chi connectivity index (χ1v) is 11.6. The molecule has 2 aromatic heterocycles. The van der Waals surface area contributed by atoms with Gasteiger partial charge in [-0.05, 0) is 63.4 Å². The lowest BCUT2D eigenvalue weighted by molar-refractivity contribution is 0.0537.